The van der Waals surface area contributed by atoms with Crippen LogP contribution in [0.25, 0.3) is 11.2 Å². The van der Waals surface area contributed by atoms with Crippen LogP contribution in [0.5, 0.6) is 23.0 Å². The second kappa shape index (κ2) is 20.6. The Morgan fingerprint density at radius 1 is 0.583 bits per heavy atom. The number of hydrogen-bond acceptors (Lipinski definition) is 11. The van der Waals surface area contributed by atoms with E-state index in [0.29, 0.717) is 40.0 Å². The summed E-state index contributed by atoms with van der Waals surface area (Å²) in [4.78, 5) is 14.5. The molecule has 4 atom stereocenters. The van der Waals surface area contributed by atoms with Gasteiger partial charge in [-0.05, 0) is 100 Å². The van der Waals surface area contributed by atoms with Crippen LogP contribution in [0.15, 0.2) is 170 Å². The standard InChI is InChI=1S/C58H62FN5O7Si/c1-56(2,3)72(8,9)69-36-49-52(71-58(42-18-14-11-15-19-42,43-24-32-47(67-6)33-25-43)44-26-34-48(68-7)35-27-44)50(59)55(70-49)64-38-62-51-53(60-37-61-54(51)64)63-57(39-16-12-10-13-17-39,40-20-28-45(65-4)29-21-40)41-22-30-46(66-5)31-23-41/h10-35,37-38,49-50,52,55H,36H2,1-9H3,(H,60,61,63)/t49?,50-,52-,55-/m1/s1. The molecule has 0 aliphatic carbocycles. The fourth-order valence-corrected chi connectivity index (χ4v) is 10.3. The first-order chi connectivity index (χ1) is 34.8. The summed E-state index contributed by atoms with van der Waals surface area (Å²) in [5.74, 6) is 3.16. The van der Waals surface area contributed by atoms with Crippen LogP contribution in [0.1, 0.15) is 60.4 Å². The summed E-state index contributed by atoms with van der Waals surface area (Å²) < 4.78 is 63.9. The first kappa shape index (κ1) is 49.9. The van der Waals surface area contributed by atoms with Gasteiger partial charge in [0.2, 0.25) is 0 Å². The van der Waals surface area contributed by atoms with E-state index >= 15 is 4.39 Å². The third-order valence-corrected chi connectivity index (χ3v) is 18.9. The van der Waals surface area contributed by atoms with Gasteiger partial charge in [-0.3, -0.25) is 4.57 Å². The minimum Gasteiger partial charge on any atom is -0.497 e. The number of benzene rings is 6. The molecule has 2 aromatic heterocycles. The van der Waals surface area contributed by atoms with E-state index in [4.69, 9.17) is 47.8 Å². The van der Waals surface area contributed by atoms with Crippen molar-refractivity contribution in [1.29, 1.82) is 0 Å². The van der Waals surface area contributed by atoms with Gasteiger partial charge in [0.05, 0.1) is 41.4 Å². The first-order valence-corrected chi connectivity index (χ1v) is 26.9. The maximum atomic E-state index is 18.5. The van der Waals surface area contributed by atoms with E-state index in [9.17, 15) is 0 Å². The smallest absolute Gasteiger partial charge is 0.192 e. The maximum Gasteiger partial charge on any atom is 0.192 e. The Morgan fingerprint density at radius 3 is 1.47 bits per heavy atom. The van der Waals surface area contributed by atoms with Gasteiger partial charge in [0, 0.05) is 0 Å². The second-order valence-electron chi connectivity index (χ2n) is 19.4. The summed E-state index contributed by atoms with van der Waals surface area (Å²) in [5, 5.41) is 3.71. The third kappa shape index (κ3) is 9.31. The molecule has 12 nitrogen and oxygen atoms in total. The van der Waals surface area contributed by atoms with E-state index in [0.717, 1.165) is 33.4 Å². The maximum absolute atomic E-state index is 18.5. The summed E-state index contributed by atoms with van der Waals surface area (Å²) in [6.45, 7) is 11.0. The van der Waals surface area contributed by atoms with Crippen LogP contribution in [-0.4, -0.2) is 81.3 Å². The minimum absolute atomic E-state index is 0.0753. The molecule has 0 bridgehead atoms. The van der Waals surface area contributed by atoms with Crippen LogP contribution in [0.2, 0.25) is 18.1 Å². The Labute approximate surface area is 422 Å². The van der Waals surface area contributed by atoms with Crippen LogP contribution in [0, 0.1) is 0 Å². The Hall–Kier alpha value is -7.10. The lowest BCUT2D eigenvalue weighted by Crippen LogP contribution is -2.47. The summed E-state index contributed by atoms with van der Waals surface area (Å²) in [7, 11) is 4.14. The number of nitrogens with zero attached hydrogens (tertiary/aromatic N) is 4. The zero-order chi connectivity index (χ0) is 50.7. The lowest BCUT2D eigenvalue weighted by atomic mass is 9.77. The second-order valence-corrected chi connectivity index (χ2v) is 24.2. The Kier molecular flexibility index (Phi) is 14.2. The van der Waals surface area contributed by atoms with Gasteiger partial charge in [0.1, 0.15) is 52.7 Å². The van der Waals surface area contributed by atoms with Gasteiger partial charge in [0.25, 0.3) is 0 Å². The van der Waals surface area contributed by atoms with Crippen molar-refractivity contribution in [3.05, 3.63) is 204 Å². The van der Waals surface area contributed by atoms with Gasteiger partial charge in [0.15, 0.2) is 37.7 Å². The van der Waals surface area contributed by atoms with Crippen LogP contribution < -0.4 is 24.3 Å². The van der Waals surface area contributed by atoms with Gasteiger partial charge < -0.3 is 38.2 Å². The number of hydrogen-bond donors (Lipinski definition) is 1. The number of aromatic nitrogens is 4. The van der Waals surface area contributed by atoms with Crippen molar-refractivity contribution < 1.29 is 37.2 Å². The molecule has 372 valence electrons. The molecule has 3 heterocycles. The molecule has 0 saturated carbocycles. The van der Waals surface area contributed by atoms with E-state index in [-0.39, 0.29) is 11.6 Å². The highest BCUT2D eigenvalue weighted by atomic mass is 28.4. The van der Waals surface area contributed by atoms with E-state index < -0.39 is 44.1 Å². The molecule has 8 aromatic rings. The van der Waals surface area contributed by atoms with Crippen molar-refractivity contribution in [2.24, 2.45) is 0 Å². The van der Waals surface area contributed by atoms with Gasteiger partial charge in [-0.15, -0.1) is 0 Å². The number of nitrogens with one attached hydrogen (secondary N) is 1. The van der Waals surface area contributed by atoms with Gasteiger partial charge >= 0.3 is 0 Å². The zero-order valence-corrected chi connectivity index (χ0v) is 43.2. The lowest BCUT2D eigenvalue weighted by molar-refractivity contribution is -0.103. The highest BCUT2D eigenvalue weighted by molar-refractivity contribution is 6.74. The third-order valence-electron chi connectivity index (χ3n) is 14.4. The van der Waals surface area contributed by atoms with Crippen LogP contribution in [0.3, 0.4) is 0 Å². The van der Waals surface area contributed by atoms with Crippen molar-refractivity contribution in [2.75, 3.05) is 40.4 Å². The molecule has 72 heavy (non-hydrogen) atoms. The molecule has 1 N–H and O–H groups in total. The molecule has 14 heteroatoms. The number of imidazole rings is 1. The summed E-state index contributed by atoms with van der Waals surface area (Å²) in [6, 6.07) is 51.2. The molecule has 6 aromatic carbocycles. The quantitative estimate of drug-likeness (QED) is 0.0653. The van der Waals surface area contributed by atoms with Crippen molar-refractivity contribution in [3.63, 3.8) is 0 Å². The molecule has 9 rings (SSSR count). The molecular weight excluding hydrogens is 926 g/mol. The van der Waals surface area contributed by atoms with Crippen molar-refractivity contribution in [2.45, 2.75) is 74.7 Å². The first-order valence-electron chi connectivity index (χ1n) is 24.0. The molecule has 1 aliphatic rings. The van der Waals surface area contributed by atoms with Crippen LogP contribution in [-0.2, 0) is 25.0 Å². The summed E-state index contributed by atoms with van der Waals surface area (Å²) >= 11 is 0. The van der Waals surface area contributed by atoms with E-state index in [2.05, 4.69) is 51.3 Å². The molecule has 0 radical (unpaired) electrons. The highest BCUT2D eigenvalue weighted by Gasteiger charge is 2.53. The monoisotopic (exact) mass is 987 g/mol. The molecule has 1 aliphatic heterocycles. The Balaban J connectivity index is 1.18. The average Bonchev–Trinajstić information content (AvgIpc) is 3.99. The van der Waals surface area contributed by atoms with E-state index in [1.807, 2.05) is 146 Å². The van der Waals surface area contributed by atoms with Crippen LogP contribution in [0.4, 0.5) is 10.2 Å². The van der Waals surface area contributed by atoms with E-state index in [1.165, 1.54) is 6.33 Å². The van der Waals surface area contributed by atoms with Crippen LogP contribution >= 0.6 is 0 Å². The van der Waals surface area contributed by atoms with E-state index in [1.54, 1.807) is 39.3 Å². The molecule has 1 saturated heterocycles. The molecule has 0 spiro atoms. The number of ether oxygens (including phenoxy) is 6. The Morgan fingerprint density at radius 2 is 1.01 bits per heavy atom. The number of anilines is 1. The molecule has 1 unspecified atom stereocenters. The van der Waals surface area contributed by atoms with Crippen molar-refractivity contribution in [3.8, 4) is 23.0 Å². The topological polar surface area (TPSA) is 120 Å². The SMILES string of the molecule is COc1ccc(C(Nc2ncnc3c2ncn3[C@@H]2OC(CO[Si](C)(C)C(C)(C)C)[C@@H](OC(c3ccccc3)(c3ccc(OC)cc3)c3ccc(OC)cc3)[C@H]2F)(c2ccccc2)c2ccc(OC)cc2)cc1. The summed E-state index contributed by atoms with van der Waals surface area (Å²) in [6.07, 6.45) is -2.04. The largest absolute Gasteiger partial charge is 0.497 e. The predicted octanol–water partition coefficient (Wildman–Crippen LogP) is 11.9. The number of rotatable bonds is 18. The number of alkyl halides is 1. The number of halogens is 1. The molecule has 0 amide bonds. The minimum atomic E-state index is -2.40. The average molecular weight is 988 g/mol. The normalized spacial score (nSPS) is 17.4. The number of methoxy groups -OCH3 is 4. The highest BCUT2D eigenvalue weighted by Crippen LogP contribution is 2.48. The Bertz CT molecular complexity index is 2950. The summed E-state index contributed by atoms with van der Waals surface area (Å²) in [5.41, 5.74) is 3.39. The number of fused-ring (bicyclic) bond motifs is 1. The van der Waals surface area contributed by atoms with Crippen molar-refractivity contribution >= 4 is 25.3 Å². The fraction of sp³-hybridized carbons (Fsp3) is 0.293. The van der Waals surface area contributed by atoms with Gasteiger partial charge in [-0.1, -0.05) is 130 Å². The predicted molar refractivity (Wildman–Crippen MR) is 280 cm³/mol. The molecular formula is C58H62FN5O7Si. The molecule has 1 fully saturated rings. The van der Waals surface area contributed by atoms with Crippen molar-refractivity contribution in [1.82, 2.24) is 19.5 Å². The van der Waals surface area contributed by atoms with Gasteiger partial charge in [-0.2, -0.15) is 0 Å². The lowest BCUT2D eigenvalue weighted by Gasteiger charge is -2.40. The zero-order valence-electron chi connectivity index (χ0n) is 42.2. The van der Waals surface area contributed by atoms with Gasteiger partial charge in [-0.25, -0.2) is 19.3 Å². The fourth-order valence-electron chi connectivity index (χ4n) is 9.33.